The van der Waals surface area contributed by atoms with E-state index in [0.29, 0.717) is 0 Å². The predicted octanol–water partition coefficient (Wildman–Crippen LogP) is 3.14. The van der Waals surface area contributed by atoms with E-state index in [1.165, 1.54) is 40.8 Å². The van der Waals surface area contributed by atoms with Gasteiger partial charge >= 0.3 is 0 Å². The molecule has 22 heavy (non-hydrogen) atoms. The number of aryl methyl sites for hydroxylation is 2. The lowest BCUT2D eigenvalue weighted by atomic mass is 10.1. The molecule has 0 spiro atoms. The quantitative estimate of drug-likeness (QED) is 0.657. The van der Waals surface area contributed by atoms with Crippen molar-refractivity contribution >= 4 is 17.3 Å². The molecule has 3 rings (SSSR count). The number of thiophene rings is 1. The van der Waals surface area contributed by atoms with Gasteiger partial charge in [0.1, 0.15) is 0 Å². The monoisotopic (exact) mass is 313 g/mol. The van der Waals surface area contributed by atoms with Crippen LogP contribution in [0.25, 0.3) is 0 Å². The second kappa shape index (κ2) is 7.45. The van der Waals surface area contributed by atoms with E-state index >= 15 is 0 Å². The molecule has 0 unspecified atom stereocenters. The minimum Gasteiger partial charge on any atom is -0.356 e. The van der Waals surface area contributed by atoms with E-state index < -0.39 is 0 Å². The van der Waals surface area contributed by atoms with Crippen LogP contribution in [0.4, 0.5) is 0 Å². The number of benzene rings is 1. The summed E-state index contributed by atoms with van der Waals surface area (Å²) in [6, 6.07) is 11.1. The third-order valence-electron chi connectivity index (χ3n) is 4.09. The minimum absolute atomic E-state index is 0.825. The molecule has 0 saturated carbocycles. The van der Waals surface area contributed by atoms with E-state index in [0.717, 1.165) is 25.5 Å². The maximum Gasteiger partial charge on any atom is 0.191 e. The maximum absolute atomic E-state index is 4.29. The third kappa shape index (κ3) is 3.89. The van der Waals surface area contributed by atoms with Crippen molar-refractivity contribution in [2.75, 3.05) is 13.6 Å². The molecule has 0 amide bonds. The van der Waals surface area contributed by atoms with Crippen LogP contribution in [0.15, 0.2) is 40.7 Å². The summed E-state index contributed by atoms with van der Waals surface area (Å²) in [7, 11) is 1.82. The molecule has 0 saturated heterocycles. The molecule has 4 heteroatoms. The van der Waals surface area contributed by atoms with Gasteiger partial charge in [-0.25, -0.2) is 0 Å². The summed E-state index contributed by atoms with van der Waals surface area (Å²) in [6.07, 6.45) is 4.82. The molecular weight excluding hydrogens is 290 g/mol. The average Bonchev–Trinajstić information content (AvgIpc) is 3.21. The van der Waals surface area contributed by atoms with Crippen molar-refractivity contribution in [3.63, 3.8) is 0 Å². The highest BCUT2D eigenvalue weighted by molar-refractivity contribution is 7.09. The van der Waals surface area contributed by atoms with Crippen LogP contribution in [-0.2, 0) is 25.8 Å². The minimum atomic E-state index is 0.825. The molecule has 2 N–H and O–H groups in total. The molecule has 1 aromatic heterocycles. The Hall–Kier alpha value is -1.81. The lowest BCUT2D eigenvalue weighted by Gasteiger charge is -2.12. The normalized spacial score (nSPS) is 14.0. The van der Waals surface area contributed by atoms with Gasteiger partial charge in [-0.3, -0.25) is 4.99 Å². The highest BCUT2D eigenvalue weighted by Crippen LogP contribution is 2.22. The van der Waals surface area contributed by atoms with Gasteiger partial charge in [0, 0.05) is 25.0 Å². The molecule has 2 aromatic rings. The molecule has 3 nitrogen and oxygen atoms in total. The Bertz CT molecular complexity index is 632. The van der Waals surface area contributed by atoms with E-state index in [1.54, 1.807) is 11.3 Å². The van der Waals surface area contributed by atoms with E-state index in [2.05, 4.69) is 51.3 Å². The number of hydrogen-bond donors (Lipinski definition) is 2. The number of nitrogens with one attached hydrogen (secondary N) is 2. The summed E-state index contributed by atoms with van der Waals surface area (Å²) in [5.74, 6) is 0.872. The highest BCUT2D eigenvalue weighted by Gasteiger charge is 2.10. The summed E-state index contributed by atoms with van der Waals surface area (Å²) in [5.41, 5.74) is 4.39. The van der Waals surface area contributed by atoms with Gasteiger partial charge in [-0.15, -0.1) is 11.3 Å². The standard InChI is InChI=1S/C18H23N3S/c1-19-18(20-10-9-17-6-3-11-22-17)21-13-14-7-8-15-4-2-5-16(15)12-14/h3,6-8,11-12H,2,4-5,9-10,13H2,1H3,(H2,19,20,21). The van der Waals surface area contributed by atoms with E-state index in [4.69, 9.17) is 0 Å². The number of fused-ring (bicyclic) bond motifs is 1. The maximum atomic E-state index is 4.29. The zero-order chi connectivity index (χ0) is 15.2. The first-order valence-corrected chi connectivity index (χ1v) is 8.80. The van der Waals surface area contributed by atoms with Crippen LogP contribution in [0.2, 0.25) is 0 Å². The lowest BCUT2D eigenvalue weighted by molar-refractivity contribution is 0.798. The zero-order valence-electron chi connectivity index (χ0n) is 13.1. The number of aliphatic imine (C=N–C) groups is 1. The Morgan fingerprint density at radius 1 is 1.18 bits per heavy atom. The van der Waals surface area contributed by atoms with Crippen LogP contribution in [-0.4, -0.2) is 19.6 Å². The van der Waals surface area contributed by atoms with Crippen LogP contribution in [0.1, 0.15) is 28.0 Å². The molecule has 1 heterocycles. The number of guanidine groups is 1. The third-order valence-corrected chi connectivity index (χ3v) is 5.03. The summed E-state index contributed by atoms with van der Waals surface area (Å²) in [4.78, 5) is 5.70. The van der Waals surface area contributed by atoms with Crippen LogP contribution >= 0.6 is 11.3 Å². The molecule has 1 aromatic carbocycles. The molecule has 1 aliphatic rings. The topological polar surface area (TPSA) is 36.4 Å². The fraction of sp³-hybridized carbons (Fsp3) is 0.389. The van der Waals surface area contributed by atoms with Crippen molar-refractivity contribution in [3.8, 4) is 0 Å². The molecule has 0 radical (unpaired) electrons. The summed E-state index contributed by atoms with van der Waals surface area (Å²) in [5, 5.41) is 8.90. The van der Waals surface area contributed by atoms with Gasteiger partial charge in [0.15, 0.2) is 5.96 Å². The second-order valence-electron chi connectivity index (χ2n) is 5.64. The Morgan fingerprint density at radius 2 is 2.09 bits per heavy atom. The molecule has 0 aliphatic heterocycles. The predicted molar refractivity (Wildman–Crippen MR) is 94.7 cm³/mol. The molecule has 116 valence electrons. The SMILES string of the molecule is CN=C(NCCc1cccs1)NCc1ccc2c(c1)CCC2. The first kappa shape index (κ1) is 15.1. The fourth-order valence-corrected chi connectivity index (χ4v) is 3.61. The Labute approximate surface area is 136 Å². The van der Waals surface area contributed by atoms with Crippen LogP contribution < -0.4 is 10.6 Å². The highest BCUT2D eigenvalue weighted by atomic mass is 32.1. The molecule has 0 atom stereocenters. The fourth-order valence-electron chi connectivity index (χ4n) is 2.90. The van der Waals surface area contributed by atoms with Crippen molar-refractivity contribution in [1.82, 2.24) is 10.6 Å². The van der Waals surface area contributed by atoms with Crippen molar-refractivity contribution in [1.29, 1.82) is 0 Å². The average molecular weight is 313 g/mol. The van der Waals surface area contributed by atoms with Crippen LogP contribution in [0, 0.1) is 0 Å². The van der Waals surface area contributed by atoms with Gasteiger partial charge in [0.2, 0.25) is 0 Å². The van der Waals surface area contributed by atoms with Gasteiger partial charge in [0.05, 0.1) is 0 Å². The summed E-state index contributed by atoms with van der Waals surface area (Å²) in [6.45, 7) is 1.73. The number of hydrogen-bond acceptors (Lipinski definition) is 2. The van der Waals surface area contributed by atoms with Crippen LogP contribution in [0.3, 0.4) is 0 Å². The zero-order valence-corrected chi connectivity index (χ0v) is 13.9. The van der Waals surface area contributed by atoms with E-state index in [9.17, 15) is 0 Å². The van der Waals surface area contributed by atoms with E-state index in [-0.39, 0.29) is 0 Å². The second-order valence-corrected chi connectivity index (χ2v) is 6.67. The Morgan fingerprint density at radius 3 is 2.91 bits per heavy atom. The van der Waals surface area contributed by atoms with Gasteiger partial charge in [-0.2, -0.15) is 0 Å². The molecule has 0 fully saturated rings. The Kier molecular flexibility index (Phi) is 5.11. The van der Waals surface area contributed by atoms with Crippen molar-refractivity contribution < 1.29 is 0 Å². The van der Waals surface area contributed by atoms with Crippen molar-refractivity contribution in [2.45, 2.75) is 32.2 Å². The smallest absolute Gasteiger partial charge is 0.191 e. The Balaban J connectivity index is 1.46. The lowest BCUT2D eigenvalue weighted by Crippen LogP contribution is -2.37. The molecule has 0 bridgehead atoms. The van der Waals surface area contributed by atoms with Gasteiger partial charge in [-0.1, -0.05) is 24.3 Å². The van der Waals surface area contributed by atoms with Crippen molar-refractivity contribution in [3.05, 3.63) is 57.3 Å². The van der Waals surface area contributed by atoms with E-state index in [1.807, 2.05) is 7.05 Å². The van der Waals surface area contributed by atoms with Gasteiger partial charge < -0.3 is 10.6 Å². The first-order valence-electron chi connectivity index (χ1n) is 7.93. The van der Waals surface area contributed by atoms with Crippen molar-refractivity contribution in [2.24, 2.45) is 4.99 Å². The first-order chi connectivity index (χ1) is 10.8. The van der Waals surface area contributed by atoms with Gasteiger partial charge in [0.25, 0.3) is 0 Å². The summed E-state index contributed by atoms with van der Waals surface area (Å²) >= 11 is 1.80. The largest absolute Gasteiger partial charge is 0.356 e. The number of nitrogens with zero attached hydrogens (tertiary/aromatic N) is 1. The van der Waals surface area contributed by atoms with Crippen LogP contribution in [0.5, 0.6) is 0 Å². The molecular formula is C18H23N3S. The summed E-state index contributed by atoms with van der Waals surface area (Å²) < 4.78 is 0. The molecule has 1 aliphatic carbocycles. The number of rotatable bonds is 5. The van der Waals surface area contributed by atoms with Gasteiger partial charge in [-0.05, 0) is 53.8 Å².